The first-order chi connectivity index (χ1) is 15.4. The summed E-state index contributed by atoms with van der Waals surface area (Å²) in [6, 6.07) is 16.0. The van der Waals surface area contributed by atoms with E-state index in [1.165, 1.54) is 9.21 Å². The highest BCUT2D eigenvalue weighted by Gasteiger charge is 2.33. The number of rotatable bonds is 7. The van der Waals surface area contributed by atoms with E-state index < -0.39 is 28.0 Å². The molecule has 0 fully saturated rings. The van der Waals surface area contributed by atoms with Crippen LogP contribution in [-0.4, -0.2) is 58.0 Å². The van der Waals surface area contributed by atoms with Crippen molar-refractivity contribution in [3.05, 3.63) is 65.7 Å². The van der Waals surface area contributed by atoms with Crippen LogP contribution >= 0.6 is 0 Å². The Kier molecular flexibility index (Phi) is 8.00. The fourth-order valence-corrected chi connectivity index (χ4v) is 5.23. The smallest absolute Gasteiger partial charge is 0.326 e. The molecule has 0 bridgehead atoms. The van der Waals surface area contributed by atoms with Gasteiger partial charge in [0, 0.05) is 19.2 Å². The largest absolute Gasteiger partial charge is 0.465 e. The number of hydrogen-bond acceptors (Lipinski definition) is 6. The quantitative estimate of drug-likeness (QED) is 0.590. The van der Waals surface area contributed by atoms with E-state index in [-0.39, 0.29) is 32.0 Å². The van der Waals surface area contributed by atoms with Gasteiger partial charge in [-0.25, -0.2) is 8.42 Å². The maximum absolute atomic E-state index is 13.3. The second-order valence-electron chi connectivity index (χ2n) is 7.43. The highest BCUT2D eigenvalue weighted by atomic mass is 32.2. The highest BCUT2D eigenvalue weighted by molar-refractivity contribution is 7.88. The molecule has 2 aromatic carbocycles. The lowest BCUT2D eigenvalue weighted by Gasteiger charge is -2.26. The molecule has 1 unspecified atom stereocenters. The minimum atomic E-state index is -3.79. The van der Waals surface area contributed by atoms with Crippen LogP contribution in [0.1, 0.15) is 30.6 Å². The molecule has 1 heterocycles. The molecular formula is C23H28N2O6S. The summed E-state index contributed by atoms with van der Waals surface area (Å²) in [7, 11) is -2.25. The first-order valence-electron chi connectivity index (χ1n) is 10.4. The van der Waals surface area contributed by atoms with Gasteiger partial charge in [0.1, 0.15) is 6.54 Å². The number of esters is 1. The molecule has 8 nitrogen and oxygen atoms in total. The van der Waals surface area contributed by atoms with Crippen molar-refractivity contribution in [3.63, 3.8) is 0 Å². The van der Waals surface area contributed by atoms with Crippen molar-refractivity contribution in [2.75, 3.05) is 38.3 Å². The molecule has 0 radical (unpaired) electrons. The van der Waals surface area contributed by atoms with Crippen molar-refractivity contribution in [1.82, 2.24) is 4.31 Å². The highest BCUT2D eigenvalue weighted by Crippen LogP contribution is 2.32. The van der Waals surface area contributed by atoms with Crippen molar-refractivity contribution in [2.45, 2.75) is 25.2 Å². The number of benzene rings is 2. The number of carbonyl (C=O) groups excluding carboxylic acids is 2. The van der Waals surface area contributed by atoms with Gasteiger partial charge in [-0.15, -0.1) is 0 Å². The lowest BCUT2D eigenvalue weighted by Crippen LogP contribution is -2.45. The van der Waals surface area contributed by atoms with Gasteiger partial charge in [-0.2, -0.15) is 4.31 Å². The first-order valence-corrected chi connectivity index (χ1v) is 12.1. The van der Waals surface area contributed by atoms with Crippen LogP contribution in [-0.2, 0) is 34.8 Å². The second-order valence-corrected chi connectivity index (χ2v) is 9.40. The number of ether oxygens (including phenoxy) is 2. The number of sulfonamides is 1. The average molecular weight is 461 g/mol. The van der Waals surface area contributed by atoms with E-state index >= 15 is 0 Å². The van der Waals surface area contributed by atoms with E-state index in [2.05, 4.69) is 0 Å². The molecule has 172 valence electrons. The van der Waals surface area contributed by atoms with Gasteiger partial charge >= 0.3 is 5.97 Å². The van der Waals surface area contributed by atoms with Crippen molar-refractivity contribution < 1.29 is 27.5 Å². The zero-order valence-electron chi connectivity index (χ0n) is 18.3. The van der Waals surface area contributed by atoms with Crippen LogP contribution in [0.5, 0.6) is 0 Å². The summed E-state index contributed by atoms with van der Waals surface area (Å²) in [5.74, 6) is -1.29. The third-order valence-electron chi connectivity index (χ3n) is 5.29. The van der Waals surface area contributed by atoms with Gasteiger partial charge in [-0.3, -0.25) is 14.5 Å². The topological polar surface area (TPSA) is 93.2 Å². The number of carbonyl (C=O) groups is 2. The molecule has 2 aromatic rings. The molecule has 32 heavy (non-hydrogen) atoms. The molecule has 1 aliphatic rings. The van der Waals surface area contributed by atoms with Crippen LogP contribution in [0.4, 0.5) is 5.69 Å². The summed E-state index contributed by atoms with van der Waals surface area (Å²) in [5.41, 5.74) is 1.87. The maximum atomic E-state index is 13.3. The minimum Gasteiger partial charge on any atom is -0.465 e. The Balaban J connectivity index is 1.97. The fraction of sp³-hybridized carbons (Fsp3) is 0.391. The average Bonchev–Trinajstić information content (AvgIpc) is 2.82. The molecule has 0 aromatic heterocycles. The third kappa shape index (κ3) is 5.73. The van der Waals surface area contributed by atoms with E-state index in [4.69, 9.17) is 9.47 Å². The molecule has 0 N–H and O–H groups in total. The van der Waals surface area contributed by atoms with Crippen LogP contribution in [0.15, 0.2) is 54.6 Å². The number of anilines is 1. The van der Waals surface area contributed by atoms with Crippen LogP contribution in [0, 0.1) is 0 Å². The molecule has 3 rings (SSSR count). The monoisotopic (exact) mass is 460 g/mol. The molecule has 0 saturated carbocycles. The van der Waals surface area contributed by atoms with Gasteiger partial charge in [0.25, 0.3) is 0 Å². The minimum absolute atomic E-state index is 0.112. The van der Waals surface area contributed by atoms with Gasteiger partial charge in [0.2, 0.25) is 15.9 Å². The number of para-hydroxylation sites is 1. The number of nitrogens with zero attached hydrogens (tertiary/aromatic N) is 2. The van der Waals surface area contributed by atoms with Crippen LogP contribution in [0.2, 0.25) is 0 Å². The van der Waals surface area contributed by atoms with E-state index in [0.29, 0.717) is 17.7 Å². The Labute approximate surface area is 188 Å². The van der Waals surface area contributed by atoms with E-state index in [0.717, 1.165) is 5.56 Å². The zero-order valence-corrected chi connectivity index (χ0v) is 19.1. The predicted octanol–water partition coefficient (Wildman–Crippen LogP) is 2.51. The number of methoxy groups -OCH3 is 1. The summed E-state index contributed by atoms with van der Waals surface area (Å²) in [4.78, 5) is 26.8. The molecule has 1 atom stereocenters. The number of amides is 1. The summed E-state index contributed by atoms with van der Waals surface area (Å²) >= 11 is 0. The first kappa shape index (κ1) is 23.9. The van der Waals surface area contributed by atoms with Crippen molar-refractivity contribution in [3.8, 4) is 0 Å². The van der Waals surface area contributed by atoms with E-state index in [1.807, 2.05) is 18.2 Å². The Morgan fingerprint density at radius 2 is 1.78 bits per heavy atom. The molecule has 0 spiro atoms. The third-order valence-corrected chi connectivity index (χ3v) is 7.09. The Bertz CT molecular complexity index is 1040. The summed E-state index contributed by atoms with van der Waals surface area (Å²) in [6.45, 7) is 1.29. The second kappa shape index (κ2) is 10.7. The summed E-state index contributed by atoms with van der Waals surface area (Å²) < 4.78 is 38.3. The molecule has 1 aliphatic heterocycles. The summed E-state index contributed by atoms with van der Waals surface area (Å²) in [5, 5.41) is 0. The predicted molar refractivity (Wildman–Crippen MR) is 120 cm³/mol. The van der Waals surface area contributed by atoms with Crippen LogP contribution in [0.3, 0.4) is 0 Å². The van der Waals surface area contributed by atoms with Gasteiger partial charge < -0.3 is 9.47 Å². The Morgan fingerprint density at radius 3 is 2.47 bits per heavy atom. The lowest BCUT2D eigenvalue weighted by molar-refractivity contribution is -0.142. The van der Waals surface area contributed by atoms with E-state index in [9.17, 15) is 18.0 Å². The van der Waals surface area contributed by atoms with Crippen molar-refractivity contribution in [2.24, 2.45) is 0 Å². The van der Waals surface area contributed by atoms with Crippen LogP contribution < -0.4 is 4.90 Å². The van der Waals surface area contributed by atoms with Crippen LogP contribution in [0.25, 0.3) is 0 Å². The standard InChI is InChI=1S/C23H28N2O6S/c1-3-31-23(27)16-25-20-12-8-7-11-19(20)21(30-2)13-14-24(15-22(25)26)32(28,29)17-18-9-5-4-6-10-18/h4-12,21H,3,13-17H2,1-2H3. The molecule has 9 heteroatoms. The van der Waals surface area contributed by atoms with Gasteiger partial charge in [0.05, 0.1) is 30.7 Å². The van der Waals surface area contributed by atoms with Gasteiger partial charge in [0.15, 0.2) is 0 Å². The molecule has 1 amide bonds. The summed E-state index contributed by atoms with van der Waals surface area (Å²) in [6.07, 6.45) is -0.0848. The number of hydrogen-bond donors (Lipinski definition) is 0. The zero-order chi connectivity index (χ0) is 23.1. The fourth-order valence-electron chi connectivity index (χ4n) is 3.74. The SMILES string of the molecule is CCOC(=O)CN1C(=O)CN(S(=O)(=O)Cc2ccccc2)CCC(OC)c2ccccc21. The number of fused-ring (bicyclic) bond motifs is 1. The maximum Gasteiger partial charge on any atom is 0.326 e. The molecule has 0 aliphatic carbocycles. The Hall–Kier alpha value is -2.75. The molecular weight excluding hydrogens is 432 g/mol. The molecule has 0 saturated heterocycles. The Morgan fingerprint density at radius 1 is 1.09 bits per heavy atom. The van der Waals surface area contributed by atoms with Crippen molar-refractivity contribution >= 4 is 27.6 Å². The van der Waals surface area contributed by atoms with Crippen molar-refractivity contribution in [1.29, 1.82) is 0 Å². The van der Waals surface area contributed by atoms with E-state index in [1.54, 1.807) is 50.4 Å². The lowest BCUT2D eigenvalue weighted by atomic mass is 10.0. The normalized spacial score (nSPS) is 17.8. The van der Waals surface area contributed by atoms with Gasteiger partial charge in [-0.05, 0) is 25.0 Å². The van der Waals surface area contributed by atoms with Gasteiger partial charge in [-0.1, -0.05) is 48.5 Å².